The van der Waals surface area contributed by atoms with Crippen molar-refractivity contribution in [1.82, 2.24) is 19.5 Å². The van der Waals surface area contributed by atoms with E-state index in [4.69, 9.17) is 0 Å². The fraction of sp³-hybridized carbons (Fsp3) is 0.556. The number of hydrogen-bond donors (Lipinski definition) is 1. The fourth-order valence-corrected chi connectivity index (χ4v) is 6.74. The first kappa shape index (κ1) is 21.2. The number of nitrogens with one attached hydrogen (secondary N) is 1. The van der Waals surface area contributed by atoms with Crippen LogP contribution in [0.2, 0.25) is 0 Å². The second kappa shape index (κ2) is 9.34. The highest BCUT2D eigenvalue weighted by atomic mass is 32.2. The molecule has 7 nitrogen and oxygen atoms in total. The van der Waals surface area contributed by atoms with Gasteiger partial charge in [-0.15, -0.1) is 22.7 Å². The number of rotatable bonds is 6. The first-order chi connectivity index (χ1) is 13.4. The van der Waals surface area contributed by atoms with Gasteiger partial charge in [-0.25, -0.2) is 13.4 Å². The molecule has 1 aliphatic heterocycles. The third kappa shape index (κ3) is 5.11. The standard InChI is InChI=1S/C18H27N5O2S3/c1-14-21-15(13-26-14)12-22(3)18(19-2)20-11-16-7-8-17(27-16)28(24,25)23-9-5-4-6-10-23/h7-8,13H,4-6,9-12H2,1-3H3,(H,19,20). The number of sulfonamides is 1. The van der Waals surface area contributed by atoms with Crippen LogP contribution in [0.15, 0.2) is 26.7 Å². The number of hydrogen-bond acceptors (Lipinski definition) is 6. The Morgan fingerprint density at radius 1 is 1.32 bits per heavy atom. The first-order valence-corrected chi connectivity index (χ1v) is 12.5. The minimum absolute atomic E-state index is 0.424. The molecule has 1 N–H and O–H groups in total. The maximum atomic E-state index is 12.8. The highest BCUT2D eigenvalue weighted by Crippen LogP contribution is 2.27. The number of aliphatic imine (C=N–C) groups is 1. The second-order valence-electron chi connectivity index (χ2n) is 6.80. The molecular formula is C18H27N5O2S3. The average molecular weight is 442 g/mol. The summed E-state index contributed by atoms with van der Waals surface area (Å²) < 4.78 is 27.6. The van der Waals surface area contributed by atoms with Gasteiger partial charge in [0.25, 0.3) is 10.0 Å². The van der Waals surface area contributed by atoms with Crippen molar-refractivity contribution in [3.05, 3.63) is 33.1 Å². The molecule has 0 spiro atoms. The van der Waals surface area contributed by atoms with E-state index < -0.39 is 10.0 Å². The van der Waals surface area contributed by atoms with Crippen molar-refractivity contribution in [1.29, 1.82) is 0 Å². The predicted molar refractivity (Wildman–Crippen MR) is 115 cm³/mol. The van der Waals surface area contributed by atoms with Crippen molar-refractivity contribution in [3.63, 3.8) is 0 Å². The van der Waals surface area contributed by atoms with Crippen molar-refractivity contribution >= 4 is 38.7 Å². The third-order valence-electron chi connectivity index (χ3n) is 4.61. The van der Waals surface area contributed by atoms with E-state index >= 15 is 0 Å². The largest absolute Gasteiger partial charge is 0.351 e. The molecule has 3 heterocycles. The van der Waals surface area contributed by atoms with Gasteiger partial charge in [-0.05, 0) is 31.9 Å². The van der Waals surface area contributed by atoms with Gasteiger partial charge in [0.1, 0.15) is 4.21 Å². The molecule has 28 heavy (non-hydrogen) atoms. The summed E-state index contributed by atoms with van der Waals surface area (Å²) in [5.74, 6) is 0.750. The molecule has 0 aromatic carbocycles. The molecule has 0 amide bonds. The van der Waals surface area contributed by atoms with Crippen molar-refractivity contribution < 1.29 is 8.42 Å². The lowest BCUT2D eigenvalue weighted by Crippen LogP contribution is -2.38. The van der Waals surface area contributed by atoms with E-state index in [2.05, 4.69) is 20.7 Å². The zero-order valence-corrected chi connectivity index (χ0v) is 19.0. The molecule has 0 aliphatic carbocycles. The molecular weight excluding hydrogens is 414 g/mol. The first-order valence-electron chi connectivity index (χ1n) is 9.32. The highest BCUT2D eigenvalue weighted by Gasteiger charge is 2.27. The summed E-state index contributed by atoms with van der Waals surface area (Å²) in [7, 11) is 0.341. The Kier molecular flexibility index (Phi) is 7.08. The Bertz CT molecular complexity index is 913. The molecule has 2 aromatic heterocycles. The zero-order valence-electron chi connectivity index (χ0n) is 16.5. The number of nitrogens with zero attached hydrogens (tertiary/aromatic N) is 4. The minimum atomic E-state index is -3.36. The molecule has 1 saturated heterocycles. The Balaban J connectivity index is 1.59. The van der Waals surface area contributed by atoms with E-state index in [1.54, 1.807) is 28.8 Å². The summed E-state index contributed by atoms with van der Waals surface area (Å²) in [4.78, 5) is 11.8. The second-order valence-corrected chi connectivity index (χ2v) is 11.2. The molecule has 0 unspecified atom stereocenters. The average Bonchev–Trinajstić information content (AvgIpc) is 3.32. The van der Waals surface area contributed by atoms with Crippen LogP contribution < -0.4 is 5.32 Å². The van der Waals surface area contributed by atoms with Gasteiger partial charge >= 0.3 is 0 Å². The van der Waals surface area contributed by atoms with Gasteiger partial charge in [0.2, 0.25) is 0 Å². The summed E-state index contributed by atoms with van der Waals surface area (Å²) in [5, 5.41) is 6.41. The van der Waals surface area contributed by atoms with Crippen molar-refractivity contribution in [2.24, 2.45) is 4.99 Å². The maximum absolute atomic E-state index is 12.8. The van der Waals surface area contributed by atoms with Crippen LogP contribution in [0, 0.1) is 6.92 Å². The highest BCUT2D eigenvalue weighted by molar-refractivity contribution is 7.91. The van der Waals surface area contributed by atoms with Crippen LogP contribution in [0.5, 0.6) is 0 Å². The summed E-state index contributed by atoms with van der Waals surface area (Å²) in [6.07, 6.45) is 3.00. The minimum Gasteiger partial charge on any atom is -0.351 e. The maximum Gasteiger partial charge on any atom is 0.252 e. The summed E-state index contributed by atoms with van der Waals surface area (Å²) in [5.41, 5.74) is 1.01. The van der Waals surface area contributed by atoms with Crippen LogP contribution in [-0.4, -0.2) is 55.8 Å². The van der Waals surface area contributed by atoms with E-state index in [0.29, 0.717) is 30.4 Å². The quantitative estimate of drug-likeness (QED) is 0.551. The van der Waals surface area contributed by atoms with Crippen LogP contribution in [0.4, 0.5) is 0 Å². The molecule has 1 fully saturated rings. The third-order valence-corrected chi connectivity index (χ3v) is 8.88. The molecule has 1 aliphatic rings. The van der Waals surface area contributed by atoms with E-state index in [0.717, 1.165) is 40.8 Å². The molecule has 0 atom stereocenters. The van der Waals surface area contributed by atoms with Crippen LogP contribution in [-0.2, 0) is 23.1 Å². The number of thiophene rings is 1. The van der Waals surface area contributed by atoms with Crippen molar-refractivity contribution in [2.75, 3.05) is 27.2 Å². The van der Waals surface area contributed by atoms with E-state index in [9.17, 15) is 8.42 Å². The van der Waals surface area contributed by atoms with E-state index in [-0.39, 0.29) is 0 Å². The topological polar surface area (TPSA) is 77.9 Å². The number of aryl methyl sites for hydroxylation is 1. The lowest BCUT2D eigenvalue weighted by molar-refractivity contribution is 0.347. The molecule has 0 bridgehead atoms. The van der Waals surface area contributed by atoms with Crippen LogP contribution in [0.1, 0.15) is 34.8 Å². The number of guanidine groups is 1. The molecule has 2 aromatic rings. The molecule has 154 valence electrons. The fourth-order valence-electron chi connectivity index (χ4n) is 3.17. The summed E-state index contributed by atoms with van der Waals surface area (Å²) >= 11 is 2.96. The predicted octanol–water partition coefficient (Wildman–Crippen LogP) is 2.90. The Hall–Kier alpha value is -1.49. The summed E-state index contributed by atoms with van der Waals surface area (Å²) in [6, 6.07) is 3.60. The van der Waals surface area contributed by atoms with Crippen LogP contribution in [0.3, 0.4) is 0 Å². The van der Waals surface area contributed by atoms with Gasteiger partial charge in [-0.3, -0.25) is 4.99 Å². The van der Waals surface area contributed by atoms with Gasteiger partial charge in [0.15, 0.2) is 5.96 Å². The Morgan fingerprint density at radius 2 is 2.07 bits per heavy atom. The van der Waals surface area contributed by atoms with Crippen LogP contribution in [0.25, 0.3) is 0 Å². The normalized spacial score (nSPS) is 16.3. The van der Waals surface area contributed by atoms with E-state index in [1.165, 1.54) is 11.3 Å². The van der Waals surface area contributed by atoms with Crippen LogP contribution >= 0.6 is 22.7 Å². The lowest BCUT2D eigenvalue weighted by Gasteiger charge is -2.25. The Morgan fingerprint density at radius 3 is 2.71 bits per heavy atom. The van der Waals surface area contributed by atoms with Gasteiger partial charge in [0, 0.05) is 37.4 Å². The SMILES string of the molecule is CN=C(NCc1ccc(S(=O)(=O)N2CCCCC2)s1)N(C)Cc1csc(C)n1. The zero-order chi connectivity index (χ0) is 20.1. The molecule has 10 heteroatoms. The van der Waals surface area contributed by atoms with Gasteiger partial charge in [0.05, 0.1) is 23.8 Å². The van der Waals surface area contributed by atoms with Gasteiger partial charge < -0.3 is 10.2 Å². The van der Waals surface area contributed by atoms with Crippen molar-refractivity contribution in [3.8, 4) is 0 Å². The van der Waals surface area contributed by atoms with Gasteiger partial charge in [-0.1, -0.05) is 6.42 Å². The molecule has 0 radical (unpaired) electrons. The van der Waals surface area contributed by atoms with E-state index in [1.807, 2.05) is 24.9 Å². The van der Waals surface area contributed by atoms with Gasteiger partial charge in [-0.2, -0.15) is 4.31 Å². The number of aromatic nitrogens is 1. The molecule has 0 saturated carbocycles. The van der Waals surface area contributed by atoms with Crippen molar-refractivity contribution in [2.45, 2.75) is 43.5 Å². The smallest absolute Gasteiger partial charge is 0.252 e. The number of piperidine rings is 1. The molecule has 3 rings (SSSR count). The number of thiazole rings is 1. The summed E-state index contributed by atoms with van der Waals surface area (Å²) in [6.45, 7) is 4.45. The Labute approximate surface area is 175 Å². The monoisotopic (exact) mass is 441 g/mol. The lowest BCUT2D eigenvalue weighted by atomic mass is 10.2.